The summed E-state index contributed by atoms with van der Waals surface area (Å²) < 4.78 is 64.3. The molecule has 1 aliphatic rings. The number of nitrogens with one attached hydrogen (secondary N) is 1. The second-order valence-corrected chi connectivity index (χ2v) is 12.4. The van der Waals surface area contributed by atoms with E-state index in [4.69, 9.17) is 8.92 Å². The van der Waals surface area contributed by atoms with Crippen LogP contribution in [0.5, 0.6) is 0 Å². The highest BCUT2D eigenvalue weighted by Gasteiger charge is 2.25. The third kappa shape index (κ3) is 5.31. The Morgan fingerprint density at radius 1 is 0.973 bits per heavy atom. The van der Waals surface area contributed by atoms with Gasteiger partial charge in [0.25, 0.3) is 0 Å². The summed E-state index contributed by atoms with van der Waals surface area (Å²) in [4.78, 5) is 7.61. The number of rotatable bonds is 7. The lowest BCUT2D eigenvalue weighted by Gasteiger charge is -2.20. The van der Waals surface area contributed by atoms with Crippen molar-refractivity contribution >= 4 is 36.7 Å². The molecular weight excluding hydrogens is 512 g/mol. The number of ether oxygens (including phenoxy) is 1. The molecule has 1 saturated heterocycles. The molecule has 1 N–H and O–H groups in total. The largest absolute Gasteiger partial charge is 0.381 e. The van der Waals surface area contributed by atoms with Crippen LogP contribution in [0.4, 0.5) is 0 Å². The molecule has 0 aliphatic carbocycles. The lowest BCUT2D eigenvalue weighted by Crippen LogP contribution is -2.15. The van der Waals surface area contributed by atoms with Crippen LogP contribution < -0.4 is 0 Å². The summed E-state index contributed by atoms with van der Waals surface area (Å²) in [7, 11) is -7.99. The van der Waals surface area contributed by atoms with Crippen LogP contribution in [0, 0.1) is 12.8 Å². The fourth-order valence-corrected chi connectivity index (χ4v) is 6.63. The van der Waals surface area contributed by atoms with Gasteiger partial charge in [0.1, 0.15) is 10.5 Å². The summed E-state index contributed by atoms with van der Waals surface area (Å²) in [5.41, 5.74) is 1.55. The van der Waals surface area contributed by atoms with E-state index in [0.717, 1.165) is 5.56 Å². The molecular formula is C27H26N2O6S2. The Hall–Kier alpha value is -3.47. The van der Waals surface area contributed by atoms with Gasteiger partial charge in [-0.2, -0.15) is 8.42 Å². The SMILES string of the molecule is Cc1ccc(S(=O)(=O)OC(=CC2CCOCC2)c2cc3c(S(=O)(=O)c4ccccc4)ccnc3[nH]2)cc1. The van der Waals surface area contributed by atoms with E-state index in [-0.39, 0.29) is 26.4 Å². The summed E-state index contributed by atoms with van der Waals surface area (Å²) in [6, 6.07) is 17.5. The van der Waals surface area contributed by atoms with E-state index in [9.17, 15) is 16.8 Å². The quantitative estimate of drug-likeness (QED) is 0.263. The van der Waals surface area contributed by atoms with Crippen LogP contribution in [-0.2, 0) is 28.9 Å². The van der Waals surface area contributed by atoms with Crippen LogP contribution in [0.1, 0.15) is 24.1 Å². The monoisotopic (exact) mass is 538 g/mol. The summed E-state index contributed by atoms with van der Waals surface area (Å²) in [5, 5.41) is 0.343. The first kappa shape index (κ1) is 25.2. The summed E-state index contributed by atoms with van der Waals surface area (Å²) >= 11 is 0. The number of nitrogens with zero attached hydrogens (tertiary/aromatic N) is 1. The standard InChI is InChI=1S/C27H26N2O6S2/c1-19-7-9-22(10-8-19)37(32,33)35-25(17-20-12-15-34-16-13-20)24-18-23-26(11-14-28-27(23)29-24)36(30,31)21-5-3-2-4-6-21/h2-11,14,17-18,20H,12-13,15-16H2,1H3,(H,28,29). The third-order valence-corrected chi connectivity index (χ3v) is 9.34. The minimum Gasteiger partial charge on any atom is -0.381 e. The molecule has 0 atom stereocenters. The maximum Gasteiger partial charge on any atom is 0.339 e. The van der Waals surface area contributed by atoms with Gasteiger partial charge in [0.2, 0.25) is 9.84 Å². The minimum absolute atomic E-state index is 0.0255. The van der Waals surface area contributed by atoms with Gasteiger partial charge in [0, 0.05) is 24.8 Å². The number of aryl methyl sites for hydroxylation is 1. The van der Waals surface area contributed by atoms with Gasteiger partial charge in [0.15, 0.2) is 5.76 Å². The van der Waals surface area contributed by atoms with Gasteiger partial charge in [-0.25, -0.2) is 13.4 Å². The van der Waals surface area contributed by atoms with Gasteiger partial charge in [-0.3, -0.25) is 0 Å². The number of aromatic amines is 1. The predicted molar refractivity (Wildman–Crippen MR) is 139 cm³/mol. The van der Waals surface area contributed by atoms with E-state index in [0.29, 0.717) is 42.8 Å². The summed E-state index contributed by atoms with van der Waals surface area (Å²) in [6.07, 6.45) is 4.60. The molecule has 2 aromatic carbocycles. The van der Waals surface area contributed by atoms with Crippen molar-refractivity contribution in [1.82, 2.24) is 9.97 Å². The molecule has 1 fully saturated rings. The highest BCUT2D eigenvalue weighted by Crippen LogP contribution is 2.32. The van der Waals surface area contributed by atoms with Crippen molar-refractivity contribution < 1.29 is 25.8 Å². The molecule has 0 radical (unpaired) electrons. The smallest absolute Gasteiger partial charge is 0.339 e. The van der Waals surface area contributed by atoms with Gasteiger partial charge in [-0.1, -0.05) is 35.9 Å². The maximum atomic E-state index is 13.4. The molecule has 0 saturated carbocycles. The second kappa shape index (κ2) is 10.1. The van der Waals surface area contributed by atoms with Gasteiger partial charge >= 0.3 is 10.1 Å². The lowest BCUT2D eigenvalue weighted by molar-refractivity contribution is 0.0784. The van der Waals surface area contributed by atoms with E-state index < -0.39 is 20.0 Å². The van der Waals surface area contributed by atoms with Gasteiger partial charge in [-0.05, 0) is 68.2 Å². The van der Waals surface area contributed by atoms with Gasteiger partial charge < -0.3 is 13.9 Å². The fourth-order valence-electron chi connectivity index (χ4n) is 4.23. The molecule has 8 nitrogen and oxygen atoms in total. The zero-order valence-corrected chi connectivity index (χ0v) is 21.8. The normalized spacial score (nSPS) is 15.6. The Balaban J connectivity index is 1.60. The third-order valence-electron chi connectivity index (χ3n) is 6.26. The Morgan fingerprint density at radius 2 is 1.68 bits per heavy atom. The zero-order valence-electron chi connectivity index (χ0n) is 20.1. The minimum atomic E-state index is -4.15. The number of allylic oxidation sites excluding steroid dienone is 1. The number of H-pyrrole nitrogens is 1. The number of sulfone groups is 1. The van der Waals surface area contributed by atoms with Gasteiger partial charge in [-0.15, -0.1) is 0 Å². The average molecular weight is 539 g/mol. The molecule has 0 spiro atoms. The van der Waals surface area contributed by atoms with Crippen LogP contribution in [0.15, 0.2) is 93.7 Å². The van der Waals surface area contributed by atoms with E-state index >= 15 is 0 Å². The maximum absolute atomic E-state index is 13.4. The number of fused-ring (bicyclic) bond motifs is 1. The zero-order chi connectivity index (χ0) is 26.0. The van der Waals surface area contributed by atoms with Crippen molar-refractivity contribution in [3.63, 3.8) is 0 Å². The molecule has 2 aromatic heterocycles. The molecule has 0 amide bonds. The van der Waals surface area contributed by atoms with Crippen molar-refractivity contribution in [2.45, 2.75) is 34.5 Å². The fraction of sp³-hybridized carbons (Fsp3) is 0.222. The van der Waals surface area contributed by atoms with Crippen molar-refractivity contribution in [3.8, 4) is 0 Å². The summed E-state index contributed by atoms with van der Waals surface area (Å²) in [6.45, 7) is 2.99. The molecule has 5 rings (SSSR count). The molecule has 192 valence electrons. The molecule has 3 heterocycles. The number of pyridine rings is 1. The highest BCUT2D eigenvalue weighted by atomic mass is 32.2. The molecule has 1 aliphatic heterocycles. The topological polar surface area (TPSA) is 115 Å². The predicted octanol–water partition coefficient (Wildman–Crippen LogP) is 4.88. The van der Waals surface area contributed by atoms with E-state index in [2.05, 4.69) is 9.97 Å². The Morgan fingerprint density at radius 3 is 2.38 bits per heavy atom. The summed E-state index contributed by atoms with van der Waals surface area (Å²) in [5.74, 6) is 0.123. The van der Waals surface area contributed by atoms with Gasteiger partial charge in [0.05, 0.1) is 15.5 Å². The van der Waals surface area contributed by atoms with Crippen molar-refractivity contribution in [2.24, 2.45) is 5.92 Å². The first-order valence-corrected chi connectivity index (χ1v) is 14.7. The molecule has 37 heavy (non-hydrogen) atoms. The number of hydrogen-bond acceptors (Lipinski definition) is 7. The van der Waals surface area contributed by atoms with E-state index in [1.807, 2.05) is 6.92 Å². The number of benzene rings is 2. The highest BCUT2D eigenvalue weighted by molar-refractivity contribution is 7.91. The van der Waals surface area contributed by atoms with Crippen LogP contribution in [0.2, 0.25) is 0 Å². The second-order valence-electron chi connectivity index (χ2n) is 8.90. The molecule has 4 aromatic rings. The van der Waals surface area contributed by atoms with Crippen LogP contribution in [-0.4, -0.2) is 40.0 Å². The average Bonchev–Trinajstić information content (AvgIpc) is 3.34. The van der Waals surface area contributed by atoms with Crippen molar-refractivity contribution in [3.05, 3.63) is 90.3 Å². The van der Waals surface area contributed by atoms with Crippen molar-refractivity contribution in [1.29, 1.82) is 0 Å². The van der Waals surface area contributed by atoms with Crippen LogP contribution >= 0.6 is 0 Å². The molecule has 0 unspecified atom stereocenters. The first-order chi connectivity index (χ1) is 17.7. The van der Waals surface area contributed by atoms with E-state index in [1.165, 1.54) is 36.5 Å². The number of hydrogen-bond donors (Lipinski definition) is 1. The Kier molecular flexibility index (Phi) is 6.89. The Labute approximate surface area is 216 Å². The molecule has 0 bridgehead atoms. The number of aromatic nitrogens is 2. The first-order valence-electron chi connectivity index (χ1n) is 11.8. The lowest BCUT2D eigenvalue weighted by atomic mass is 9.99. The Bertz CT molecular complexity index is 1650. The van der Waals surface area contributed by atoms with Crippen LogP contribution in [0.25, 0.3) is 16.8 Å². The van der Waals surface area contributed by atoms with E-state index in [1.54, 1.807) is 42.5 Å². The molecule has 10 heteroatoms. The van der Waals surface area contributed by atoms with Crippen LogP contribution in [0.3, 0.4) is 0 Å². The van der Waals surface area contributed by atoms with Crippen molar-refractivity contribution in [2.75, 3.05) is 13.2 Å².